The number of hydrogen-bond donors (Lipinski definition) is 4. The van der Waals surface area contributed by atoms with E-state index < -0.39 is 46.5 Å². The quantitative estimate of drug-likeness (QED) is 0.154. The first kappa shape index (κ1) is 30.0. The van der Waals surface area contributed by atoms with Crippen LogP contribution in [0.1, 0.15) is 58.3 Å². The van der Waals surface area contributed by atoms with E-state index in [2.05, 4.69) is 6.92 Å². The van der Waals surface area contributed by atoms with Gasteiger partial charge >= 0.3 is 47.5 Å². The molecule has 12 heteroatoms. The van der Waals surface area contributed by atoms with Crippen LogP contribution in [0.15, 0.2) is 0 Å². The molecule has 0 aliphatic carbocycles. The second-order valence-corrected chi connectivity index (χ2v) is 7.03. The van der Waals surface area contributed by atoms with Gasteiger partial charge in [-0.3, -0.25) is 9.59 Å². The Balaban J connectivity index is -0.000000393. The van der Waals surface area contributed by atoms with Crippen LogP contribution in [0.3, 0.4) is 0 Å². The zero-order valence-electron chi connectivity index (χ0n) is 15.0. The van der Waals surface area contributed by atoms with Gasteiger partial charge in [-0.1, -0.05) is 39.0 Å². The Bertz CT molecular complexity index is 516. The Kier molecular flexibility index (Phi) is 17.7. The molecule has 0 fully saturated rings. The van der Waals surface area contributed by atoms with Crippen LogP contribution in [-0.2, 0) is 24.5 Å². The third-order valence-corrected chi connectivity index (χ3v) is 3.82. The van der Waals surface area contributed by atoms with Crippen LogP contribution >= 0.6 is 0 Å². The van der Waals surface area contributed by atoms with Crippen molar-refractivity contribution in [1.82, 2.24) is 0 Å². The van der Waals surface area contributed by atoms with Crippen LogP contribution in [0.25, 0.3) is 0 Å². The van der Waals surface area contributed by atoms with Gasteiger partial charge in [0.15, 0.2) is 5.60 Å². The summed E-state index contributed by atoms with van der Waals surface area (Å²) in [6.07, 6.45) is 3.67. The first-order valence-corrected chi connectivity index (χ1v) is 9.24. The minimum Gasteiger partial charge on any atom is -0.748 e. The maximum atomic E-state index is 10.3. The Labute approximate surface area is 174 Å². The van der Waals surface area contributed by atoms with Crippen molar-refractivity contribution < 1.29 is 77.3 Å². The number of carboxylic acids is 3. The first-order chi connectivity index (χ1) is 11.3. The van der Waals surface area contributed by atoms with Crippen molar-refractivity contribution in [2.24, 2.45) is 0 Å². The monoisotopic (exact) mass is 408 g/mol. The molecule has 0 aliphatic rings. The normalized spacial score (nSPS) is 10.9. The molecule has 10 nitrogen and oxygen atoms in total. The van der Waals surface area contributed by atoms with Gasteiger partial charge in [-0.15, -0.1) is 0 Å². The van der Waals surface area contributed by atoms with Crippen LogP contribution < -0.4 is 29.6 Å². The molecule has 0 unspecified atom stereocenters. The number of carboxylic acid groups (broad SMARTS) is 3. The third-order valence-electron chi connectivity index (χ3n) is 3.03. The zero-order valence-corrected chi connectivity index (χ0v) is 17.8. The van der Waals surface area contributed by atoms with Gasteiger partial charge in [-0.05, 0) is 6.42 Å². The molecule has 0 aromatic heterocycles. The summed E-state index contributed by atoms with van der Waals surface area (Å²) >= 11 is 0. The molecule has 0 heterocycles. The van der Waals surface area contributed by atoms with Gasteiger partial charge in [0.2, 0.25) is 0 Å². The van der Waals surface area contributed by atoms with Gasteiger partial charge in [-0.2, -0.15) is 0 Å². The van der Waals surface area contributed by atoms with Crippen LogP contribution in [0, 0.1) is 0 Å². The molecule has 0 spiro atoms. The summed E-state index contributed by atoms with van der Waals surface area (Å²) in [4.78, 5) is 30.5. The van der Waals surface area contributed by atoms with Crippen molar-refractivity contribution in [2.45, 2.75) is 63.9 Å². The standard InChI is InChI=1S/C8H18O3S.C6H8O7.Na/c1-2-3-4-5-6-7-8-12(9,10)11;7-3(8)1-6(13,5(11)12)2-4(9)10;/h2-8H2,1H3,(H,9,10,11);13H,1-2H2,(H,7,8)(H,9,10)(H,11,12);/q;;+1/p-1. The van der Waals surface area contributed by atoms with Crippen LogP contribution in [-0.4, -0.2) is 62.7 Å². The van der Waals surface area contributed by atoms with Crippen molar-refractivity contribution in [2.75, 3.05) is 5.75 Å². The SMILES string of the molecule is CCCCCCCCS(=O)(=O)[O-].O=C(O)CC(O)(CC(=O)O)C(=O)O.[Na+]. The fraction of sp³-hybridized carbons (Fsp3) is 0.786. The molecule has 0 atom stereocenters. The van der Waals surface area contributed by atoms with Crippen molar-refractivity contribution in [3.8, 4) is 0 Å². The van der Waals surface area contributed by atoms with E-state index in [0.29, 0.717) is 6.42 Å². The molecule has 0 aromatic rings. The Hall–Kier alpha value is -0.720. The second-order valence-electron chi connectivity index (χ2n) is 5.51. The molecule has 0 aromatic carbocycles. The number of carbonyl (C=O) groups is 3. The van der Waals surface area contributed by atoms with E-state index >= 15 is 0 Å². The Morgan fingerprint density at radius 1 is 0.885 bits per heavy atom. The van der Waals surface area contributed by atoms with Crippen molar-refractivity contribution >= 4 is 28.0 Å². The zero-order chi connectivity index (χ0) is 20.1. The summed E-state index contributed by atoms with van der Waals surface area (Å²) in [6.45, 7) is 2.13. The molecule has 0 aliphatic heterocycles. The van der Waals surface area contributed by atoms with Crippen LogP contribution in [0.5, 0.6) is 0 Å². The first-order valence-electron chi connectivity index (χ1n) is 7.67. The predicted molar refractivity (Wildman–Crippen MR) is 85.0 cm³/mol. The molecular weight excluding hydrogens is 383 g/mol. The Morgan fingerprint density at radius 2 is 1.27 bits per heavy atom. The summed E-state index contributed by atoms with van der Waals surface area (Å²) in [5, 5.41) is 33.8. The molecular formula is C14H25NaO10S. The largest absolute Gasteiger partial charge is 1.00 e. The smallest absolute Gasteiger partial charge is 0.748 e. The third kappa shape index (κ3) is 19.6. The van der Waals surface area contributed by atoms with Gasteiger partial charge < -0.3 is 25.0 Å². The number of hydrogen-bond acceptors (Lipinski definition) is 7. The number of aliphatic hydroxyl groups is 1. The van der Waals surface area contributed by atoms with E-state index in [0.717, 1.165) is 19.3 Å². The number of aliphatic carboxylic acids is 3. The average Bonchev–Trinajstić information content (AvgIpc) is 2.40. The summed E-state index contributed by atoms with van der Waals surface area (Å²) in [5.74, 6) is -5.21. The van der Waals surface area contributed by atoms with Gasteiger partial charge in [0, 0.05) is 5.75 Å². The van der Waals surface area contributed by atoms with E-state index in [1.807, 2.05) is 0 Å². The molecule has 26 heavy (non-hydrogen) atoms. The fourth-order valence-electron chi connectivity index (χ4n) is 1.77. The number of unbranched alkanes of at least 4 members (excludes halogenated alkanes) is 5. The van der Waals surface area contributed by atoms with Gasteiger partial charge in [0.1, 0.15) is 0 Å². The molecule has 148 valence electrons. The van der Waals surface area contributed by atoms with Gasteiger partial charge in [-0.25, -0.2) is 13.2 Å². The summed E-state index contributed by atoms with van der Waals surface area (Å²) in [7, 11) is -3.97. The van der Waals surface area contributed by atoms with Crippen LogP contribution in [0.4, 0.5) is 0 Å². The van der Waals surface area contributed by atoms with Crippen molar-refractivity contribution in [3.63, 3.8) is 0 Å². The summed E-state index contributed by atoms with van der Waals surface area (Å²) < 4.78 is 30.5. The number of rotatable bonds is 12. The minimum absolute atomic E-state index is 0. The average molecular weight is 408 g/mol. The molecule has 0 saturated carbocycles. The van der Waals surface area contributed by atoms with Gasteiger partial charge in [0.25, 0.3) is 0 Å². The summed E-state index contributed by atoms with van der Waals surface area (Å²) in [6, 6.07) is 0. The molecule has 0 rings (SSSR count). The second kappa shape index (κ2) is 15.3. The van der Waals surface area contributed by atoms with E-state index in [9.17, 15) is 27.4 Å². The van der Waals surface area contributed by atoms with E-state index in [-0.39, 0.29) is 35.3 Å². The topological polar surface area (TPSA) is 189 Å². The van der Waals surface area contributed by atoms with E-state index in [4.69, 9.17) is 20.4 Å². The summed E-state index contributed by atoms with van der Waals surface area (Å²) in [5.41, 5.74) is -2.74. The van der Waals surface area contributed by atoms with Gasteiger partial charge in [0.05, 0.1) is 23.0 Å². The minimum atomic E-state index is -3.97. The van der Waals surface area contributed by atoms with E-state index in [1.54, 1.807) is 0 Å². The molecule has 4 N–H and O–H groups in total. The van der Waals surface area contributed by atoms with Crippen LogP contribution in [0.2, 0.25) is 0 Å². The maximum absolute atomic E-state index is 10.3. The fourth-order valence-corrected chi connectivity index (χ4v) is 2.33. The molecule has 0 radical (unpaired) electrons. The molecule has 0 saturated heterocycles. The maximum Gasteiger partial charge on any atom is 1.00 e. The van der Waals surface area contributed by atoms with E-state index in [1.165, 1.54) is 12.8 Å². The van der Waals surface area contributed by atoms with Crippen molar-refractivity contribution in [1.29, 1.82) is 0 Å². The Morgan fingerprint density at radius 3 is 1.58 bits per heavy atom. The molecule has 0 bridgehead atoms. The van der Waals surface area contributed by atoms with Crippen molar-refractivity contribution in [3.05, 3.63) is 0 Å². The molecule has 0 amide bonds. The predicted octanol–water partition coefficient (Wildman–Crippen LogP) is -2.35.